The summed E-state index contributed by atoms with van der Waals surface area (Å²) in [5.41, 5.74) is 0.561. The van der Waals surface area contributed by atoms with Crippen LogP contribution in [0.3, 0.4) is 0 Å². The van der Waals surface area contributed by atoms with E-state index in [0.717, 1.165) is 5.75 Å². The maximum atomic E-state index is 11.7. The van der Waals surface area contributed by atoms with Crippen molar-refractivity contribution in [1.29, 1.82) is 0 Å². The lowest BCUT2D eigenvalue weighted by atomic mass is 10.3. The molecule has 2 aromatic carbocycles. The molecule has 2 aromatic rings. The third-order valence-electron chi connectivity index (χ3n) is 2.95. The van der Waals surface area contributed by atoms with Crippen LogP contribution in [-0.4, -0.2) is 26.6 Å². The smallest absolute Gasteiger partial charge is 0.239 e. The van der Waals surface area contributed by atoms with Crippen molar-refractivity contribution in [2.45, 2.75) is 6.92 Å². The molecular weight excluding hydrogens is 316 g/mol. The Kier molecular flexibility index (Phi) is 5.72. The molecule has 6 nitrogen and oxygen atoms in total. The van der Waals surface area contributed by atoms with Gasteiger partial charge in [-0.25, -0.2) is 13.1 Å². The minimum atomic E-state index is -3.38. The van der Waals surface area contributed by atoms with Gasteiger partial charge in [0.15, 0.2) is 0 Å². The van der Waals surface area contributed by atoms with Crippen molar-refractivity contribution in [2.75, 3.05) is 17.6 Å². The van der Waals surface area contributed by atoms with E-state index in [0.29, 0.717) is 11.4 Å². The number of ether oxygens (including phenoxy) is 1. The molecule has 0 radical (unpaired) electrons. The van der Waals surface area contributed by atoms with Crippen LogP contribution < -0.4 is 14.8 Å². The standard InChI is InChI=1S/C16H18N2O4S/c1-2-23(20,21)17-12-16(19)18-13-8-10-15(11-9-13)22-14-6-4-3-5-7-14/h3-11,17H,2,12H2,1H3,(H,18,19). The number of rotatable bonds is 7. The van der Waals surface area contributed by atoms with E-state index in [4.69, 9.17) is 4.74 Å². The van der Waals surface area contributed by atoms with Gasteiger partial charge >= 0.3 is 0 Å². The van der Waals surface area contributed by atoms with E-state index >= 15 is 0 Å². The number of para-hydroxylation sites is 1. The van der Waals surface area contributed by atoms with E-state index in [-0.39, 0.29) is 12.3 Å². The lowest BCUT2D eigenvalue weighted by molar-refractivity contribution is -0.115. The second-order valence-corrected chi connectivity index (χ2v) is 6.81. The SMILES string of the molecule is CCS(=O)(=O)NCC(=O)Nc1ccc(Oc2ccccc2)cc1. The Morgan fingerprint density at radius 3 is 2.22 bits per heavy atom. The molecule has 0 saturated carbocycles. The van der Waals surface area contributed by atoms with Crippen LogP contribution >= 0.6 is 0 Å². The molecule has 0 saturated heterocycles. The summed E-state index contributed by atoms with van der Waals surface area (Å²) in [6.07, 6.45) is 0. The molecule has 2 N–H and O–H groups in total. The van der Waals surface area contributed by atoms with Gasteiger partial charge in [0.2, 0.25) is 15.9 Å². The molecule has 122 valence electrons. The molecule has 0 spiro atoms. The third kappa shape index (κ3) is 5.72. The molecule has 0 aliphatic rings. The molecule has 0 bridgehead atoms. The van der Waals surface area contributed by atoms with Crippen molar-refractivity contribution in [3.63, 3.8) is 0 Å². The average molecular weight is 334 g/mol. The fourth-order valence-corrected chi connectivity index (χ4v) is 2.27. The number of hydrogen-bond donors (Lipinski definition) is 2. The van der Waals surface area contributed by atoms with Crippen LogP contribution in [0.1, 0.15) is 6.92 Å². The molecule has 0 unspecified atom stereocenters. The largest absolute Gasteiger partial charge is 0.457 e. The van der Waals surface area contributed by atoms with Gasteiger partial charge in [0.1, 0.15) is 11.5 Å². The number of hydrogen-bond acceptors (Lipinski definition) is 4. The van der Waals surface area contributed by atoms with Crippen molar-refractivity contribution in [1.82, 2.24) is 4.72 Å². The number of carbonyl (C=O) groups is 1. The summed E-state index contributed by atoms with van der Waals surface area (Å²) in [6, 6.07) is 16.2. The zero-order valence-electron chi connectivity index (χ0n) is 12.7. The first-order valence-electron chi connectivity index (χ1n) is 7.08. The van der Waals surface area contributed by atoms with E-state index in [1.54, 1.807) is 24.3 Å². The molecule has 2 rings (SSSR count). The first kappa shape index (κ1) is 17.0. The molecule has 0 aliphatic carbocycles. The van der Waals surface area contributed by atoms with Gasteiger partial charge < -0.3 is 10.1 Å². The quantitative estimate of drug-likeness (QED) is 0.814. The fourth-order valence-electron chi connectivity index (χ4n) is 1.71. The van der Waals surface area contributed by atoms with E-state index in [1.165, 1.54) is 6.92 Å². The van der Waals surface area contributed by atoms with Crippen LogP contribution in [0.2, 0.25) is 0 Å². The highest BCUT2D eigenvalue weighted by atomic mass is 32.2. The second kappa shape index (κ2) is 7.75. The number of nitrogens with one attached hydrogen (secondary N) is 2. The lowest BCUT2D eigenvalue weighted by Gasteiger charge is -2.08. The Labute approximate surface area is 135 Å². The zero-order chi connectivity index (χ0) is 16.7. The van der Waals surface area contributed by atoms with E-state index in [1.807, 2.05) is 30.3 Å². The molecule has 0 fully saturated rings. The van der Waals surface area contributed by atoms with Crippen molar-refractivity contribution < 1.29 is 17.9 Å². The van der Waals surface area contributed by atoms with Gasteiger partial charge in [0, 0.05) is 5.69 Å². The number of carbonyl (C=O) groups excluding carboxylic acids is 1. The summed E-state index contributed by atoms with van der Waals surface area (Å²) < 4.78 is 30.4. The summed E-state index contributed by atoms with van der Waals surface area (Å²) in [7, 11) is -3.38. The molecule has 0 atom stereocenters. The maximum absolute atomic E-state index is 11.7. The van der Waals surface area contributed by atoms with Crippen LogP contribution in [0, 0.1) is 0 Å². The number of sulfonamides is 1. The average Bonchev–Trinajstić information content (AvgIpc) is 2.56. The summed E-state index contributed by atoms with van der Waals surface area (Å²) in [5, 5.41) is 2.61. The highest BCUT2D eigenvalue weighted by Gasteiger charge is 2.09. The van der Waals surface area contributed by atoms with Crippen molar-refractivity contribution in [2.24, 2.45) is 0 Å². The summed E-state index contributed by atoms with van der Waals surface area (Å²) in [5.74, 6) is 0.865. The highest BCUT2D eigenvalue weighted by molar-refractivity contribution is 7.89. The summed E-state index contributed by atoms with van der Waals surface area (Å²) in [4.78, 5) is 11.7. The van der Waals surface area contributed by atoms with Crippen LogP contribution in [0.15, 0.2) is 54.6 Å². The molecular formula is C16H18N2O4S. The van der Waals surface area contributed by atoms with Crippen molar-refractivity contribution >= 4 is 21.6 Å². The fraction of sp³-hybridized carbons (Fsp3) is 0.188. The summed E-state index contributed by atoms with van der Waals surface area (Å²) >= 11 is 0. The van der Waals surface area contributed by atoms with Gasteiger partial charge in [-0.2, -0.15) is 0 Å². The van der Waals surface area contributed by atoms with E-state index in [2.05, 4.69) is 10.0 Å². The molecule has 1 amide bonds. The molecule has 0 aliphatic heterocycles. The first-order valence-corrected chi connectivity index (χ1v) is 8.74. The second-order valence-electron chi connectivity index (χ2n) is 4.71. The minimum Gasteiger partial charge on any atom is -0.457 e. The highest BCUT2D eigenvalue weighted by Crippen LogP contribution is 2.22. The number of amides is 1. The maximum Gasteiger partial charge on any atom is 0.239 e. The van der Waals surface area contributed by atoms with Crippen molar-refractivity contribution in [3.05, 3.63) is 54.6 Å². The van der Waals surface area contributed by atoms with E-state index < -0.39 is 15.9 Å². The Morgan fingerprint density at radius 2 is 1.61 bits per heavy atom. The Bertz CT molecular complexity index is 743. The Hall–Kier alpha value is -2.38. The van der Waals surface area contributed by atoms with Gasteiger partial charge in [0.25, 0.3) is 0 Å². The monoisotopic (exact) mass is 334 g/mol. The van der Waals surface area contributed by atoms with Gasteiger partial charge in [-0.15, -0.1) is 0 Å². The number of anilines is 1. The van der Waals surface area contributed by atoms with Crippen LogP contribution in [-0.2, 0) is 14.8 Å². The topological polar surface area (TPSA) is 84.5 Å². The van der Waals surface area contributed by atoms with Gasteiger partial charge in [-0.05, 0) is 43.3 Å². The summed E-state index contributed by atoms with van der Waals surface area (Å²) in [6.45, 7) is 1.21. The minimum absolute atomic E-state index is 0.0637. The van der Waals surface area contributed by atoms with Crippen LogP contribution in [0.25, 0.3) is 0 Å². The van der Waals surface area contributed by atoms with Crippen LogP contribution in [0.4, 0.5) is 5.69 Å². The van der Waals surface area contributed by atoms with E-state index in [9.17, 15) is 13.2 Å². The van der Waals surface area contributed by atoms with Gasteiger partial charge in [0.05, 0.1) is 12.3 Å². The molecule has 0 aromatic heterocycles. The zero-order valence-corrected chi connectivity index (χ0v) is 13.5. The third-order valence-corrected chi connectivity index (χ3v) is 4.29. The Morgan fingerprint density at radius 1 is 1.00 bits per heavy atom. The molecule has 7 heteroatoms. The van der Waals surface area contributed by atoms with Crippen molar-refractivity contribution in [3.8, 4) is 11.5 Å². The lowest BCUT2D eigenvalue weighted by Crippen LogP contribution is -2.33. The van der Waals surface area contributed by atoms with Gasteiger partial charge in [-0.3, -0.25) is 4.79 Å². The Balaban J connectivity index is 1.88. The predicted octanol–water partition coefficient (Wildman–Crippen LogP) is 2.36. The predicted molar refractivity (Wildman–Crippen MR) is 89.1 cm³/mol. The first-order chi connectivity index (χ1) is 11.0. The van der Waals surface area contributed by atoms with Gasteiger partial charge in [-0.1, -0.05) is 18.2 Å². The number of benzene rings is 2. The normalized spacial score (nSPS) is 11.0. The molecule has 23 heavy (non-hydrogen) atoms. The van der Waals surface area contributed by atoms with Crippen LogP contribution in [0.5, 0.6) is 11.5 Å². The molecule has 0 heterocycles.